The number of aliphatic hydroxyl groups is 1. The number of rotatable bonds is 2. The Hall–Kier alpha value is -0.650. The Morgan fingerprint density at radius 1 is 1.73 bits per heavy atom. The zero-order valence-electron chi connectivity index (χ0n) is 8.89. The van der Waals surface area contributed by atoms with Crippen LogP contribution in [-0.4, -0.2) is 34.2 Å². The third-order valence-electron chi connectivity index (χ3n) is 2.95. The van der Waals surface area contributed by atoms with Gasteiger partial charge < -0.3 is 10.8 Å². The highest BCUT2D eigenvalue weighted by atomic mass is 32.1. The maximum Gasteiger partial charge on any atom is 0.180 e. The molecule has 1 saturated heterocycles. The number of nitrogen functional groups attached to an aromatic ring is 1. The van der Waals surface area contributed by atoms with Crippen LogP contribution in [0.4, 0.5) is 5.13 Å². The summed E-state index contributed by atoms with van der Waals surface area (Å²) in [7, 11) is 0. The van der Waals surface area contributed by atoms with Crippen molar-refractivity contribution in [2.45, 2.75) is 26.0 Å². The normalized spacial score (nSPS) is 28.1. The summed E-state index contributed by atoms with van der Waals surface area (Å²) in [6.07, 6.45) is 2.70. The van der Waals surface area contributed by atoms with Gasteiger partial charge in [0.1, 0.15) is 0 Å². The molecule has 4 nitrogen and oxygen atoms in total. The van der Waals surface area contributed by atoms with Crippen LogP contribution in [0.2, 0.25) is 0 Å². The lowest BCUT2D eigenvalue weighted by Gasteiger charge is -2.33. The van der Waals surface area contributed by atoms with Gasteiger partial charge in [0.25, 0.3) is 0 Å². The maximum atomic E-state index is 9.75. The SMILES string of the molecule is CC1CCN(Cc2cnc(N)s2)CC1O. The number of nitrogens with two attached hydrogens (primary N) is 1. The zero-order valence-corrected chi connectivity index (χ0v) is 9.70. The second kappa shape index (κ2) is 4.47. The Labute approximate surface area is 93.7 Å². The second-order valence-corrected chi connectivity index (χ2v) is 5.38. The first-order valence-corrected chi connectivity index (χ1v) is 6.07. The number of likely N-dealkylation sites (tertiary alicyclic amines) is 1. The highest BCUT2D eigenvalue weighted by molar-refractivity contribution is 7.15. The molecule has 15 heavy (non-hydrogen) atoms. The number of piperidine rings is 1. The minimum Gasteiger partial charge on any atom is -0.392 e. The molecule has 0 bridgehead atoms. The predicted molar refractivity (Wildman–Crippen MR) is 61.6 cm³/mol. The lowest BCUT2D eigenvalue weighted by molar-refractivity contribution is 0.0263. The van der Waals surface area contributed by atoms with E-state index < -0.39 is 0 Å². The summed E-state index contributed by atoms with van der Waals surface area (Å²) in [4.78, 5) is 7.46. The summed E-state index contributed by atoms with van der Waals surface area (Å²) in [6.45, 7) is 4.78. The van der Waals surface area contributed by atoms with Crippen molar-refractivity contribution in [1.82, 2.24) is 9.88 Å². The van der Waals surface area contributed by atoms with Crippen LogP contribution in [0.25, 0.3) is 0 Å². The van der Waals surface area contributed by atoms with Gasteiger partial charge in [-0.3, -0.25) is 4.90 Å². The maximum absolute atomic E-state index is 9.75. The van der Waals surface area contributed by atoms with Crippen LogP contribution >= 0.6 is 11.3 Å². The van der Waals surface area contributed by atoms with E-state index in [1.54, 1.807) is 0 Å². The van der Waals surface area contributed by atoms with Crippen LogP contribution in [0.5, 0.6) is 0 Å². The summed E-state index contributed by atoms with van der Waals surface area (Å²) in [5, 5.41) is 10.4. The Bertz CT molecular complexity index is 328. The molecule has 1 aromatic heterocycles. The molecular weight excluding hydrogens is 210 g/mol. The van der Waals surface area contributed by atoms with Crippen molar-refractivity contribution in [2.75, 3.05) is 18.8 Å². The van der Waals surface area contributed by atoms with E-state index in [-0.39, 0.29) is 6.10 Å². The molecule has 1 aromatic rings. The lowest BCUT2D eigenvalue weighted by atomic mass is 9.96. The van der Waals surface area contributed by atoms with Gasteiger partial charge in [-0.05, 0) is 18.9 Å². The summed E-state index contributed by atoms with van der Waals surface area (Å²) in [5.74, 6) is 0.424. The van der Waals surface area contributed by atoms with Crippen molar-refractivity contribution in [1.29, 1.82) is 0 Å². The molecule has 2 rings (SSSR count). The van der Waals surface area contributed by atoms with Gasteiger partial charge in [0.05, 0.1) is 6.10 Å². The molecule has 0 aromatic carbocycles. The summed E-state index contributed by atoms with van der Waals surface area (Å²) in [5.41, 5.74) is 5.57. The Morgan fingerprint density at radius 3 is 3.13 bits per heavy atom. The van der Waals surface area contributed by atoms with E-state index in [1.165, 1.54) is 16.2 Å². The molecule has 0 radical (unpaired) electrons. The standard InChI is InChI=1S/C10H17N3OS/c1-7-2-3-13(6-9(7)14)5-8-4-12-10(11)15-8/h4,7,9,14H,2-3,5-6H2,1H3,(H2,11,12). The first kappa shape index (κ1) is 10.9. The molecule has 2 heterocycles. The fraction of sp³-hybridized carbons (Fsp3) is 0.700. The van der Waals surface area contributed by atoms with Gasteiger partial charge in [-0.1, -0.05) is 6.92 Å². The minimum absolute atomic E-state index is 0.191. The van der Waals surface area contributed by atoms with Crippen LogP contribution < -0.4 is 5.73 Å². The van der Waals surface area contributed by atoms with Gasteiger partial charge in [-0.15, -0.1) is 11.3 Å². The highest BCUT2D eigenvalue weighted by Crippen LogP contribution is 2.21. The Kier molecular flexibility index (Phi) is 3.23. The van der Waals surface area contributed by atoms with Crippen molar-refractivity contribution in [2.24, 2.45) is 5.92 Å². The largest absolute Gasteiger partial charge is 0.392 e. The summed E-state index contributed by atoms with van der Waals surface area (Å²) in [6, 6.07) is 0. The van der Waals surface area contributed by atoms with E-state index in [4.69, 9.17) is 5.73 Å². The molecule has 0 amide bonds. The molecule has 84 valence electrons. The Morgan fingerprint density at radius 2 is 2.53 bits per heavy atom. The molecule has 5 heteroatoms. The first-order valence-electron chi connectivity index (χ1n) is 5.26. The number of aliphatic hydroxyl groups excluding tert-OH is 1. The van der Waals surface area contributed by atoms with Crippen LogP contribution in [0.15, 0.2) is 6.20 Å². The fourth-order valence-corrected chi connectivity index (χ4v) is 2.60. The van der Waals surface area contributed by atoms with Gasteiger partial charge in [-0.2, -0.15) is 0 Å². The van der Waals surface area contributed by atoms with E-state index >= 15 is 0 Å². The second-order valence-electron chi connectivity index (χ2n) is 4.23. The van der Waals surface area contributed by atoms with E-state index in [0.29, 0.717) is 11.0 Å². The fourth-order valence-electron chi connectivity index (χ4n) is 1.87. The quantitative estimate of drug-likeness (QED) is 0.789. The monoisotopic (exact) mass is 227 g/mol. The van der Waals surface area contributed by atoms with Gasteiger partial charge in [0, 0.05) is 24.2 Å². The number of thiazole rings is 1. The van der Waals surface area contributed by atoms with Crippen molar-refractivity contribution < 1.29 is 5.11 Å². The van der Waals surface area contributed by atoms with Gasteiger partial charge in [0.2, 0.25) is 0 Å². The lowest BCUT2D eigenvalue weighted by Crippen LogP contribution is -2.42. The zero-order chi connectivity index (χ0) is 10.8. The topological polar surface area (TPSA) is 62.4 Å². The van der Waals surface area contributed by atoms with E-state index in [1.807, 2.05) is 6.20 Å². The molecule has 1 aliphatic rings. The predicted octanol–water partition coefficient (Wildman–Crippen LogP) is 0.928. The van der Waals surface area contributed by atoms with Gasteiger partial charge in [-0.25, -0.2) is 4.98 Å². The van der Waals surface area contributed by atoms with Crippen molar-refractivity contribution >= 4 is 16.5 Å². The summed E-state index contributed by atoms with van der Waals surface area (Å²) >= 11 is 1.53. The van der Waals surface area contributed by atoms with Crippen LogP contribution in [-0.2, 0) is 6.54 Å². The average molecular weight is 227 g/mol. The van der Waals surface area contributed by atoms with Crippen LogP contribution in [0.1, 0.15) is 18.2 Å². The number of hydrogen-bond acceptors (Lipinski definition) is 5. The molecule has 1 aliphatic heterocycles. The molecule has 0 saturated carbocycles. The molecule has 0 aliphatic carbocycles. The molecule has 2 atom stereocenters. The first-order chi connectivity index (χ1) is 7.15. The average Bonchev–Trinajstić information content (AvgIpc) is 2.58. The molecule has 0 spiro atoms. The molecular formula is C10H17N3OS. The van der Waals surface area contributed by atoms with Gasteiger partial charge >= 0.3 is 0 Å². The molecule has 1 fully saturated rings. The smallest absolute Gasteiger partial charge is 0.180 e. The Balaban J connectivity index is 1.90. The third-order valence-corrected chi connectivity index (χ3v) is 3.76. The summed E-state index contributed by atoms with van der Waals surface area (Å²) < 4.78 is 0. The molecule has 3 N–H and O–H groups in total. The highest BCUT2D eigenvalue weighted by Gasteiger charge is 2.24. The number of anilines is 1. The van der Waals surface area contributed by atoms with Crippen LogP contribution in [0, 0.1) is 5.92 Å². The number of hydrogen-bond donors (Lipinski definition) is 2. The number of nitrogens with zero attached hydrogens (tertiary/aromatic N) is 2. The van der Waals surface area contributed by atoms with Crippen LogP contribution in [0.3, 0.4) is 0 Å². The van der Waals surface area contributed by atoms with Gasteiger partial charge in [0.15, 0.2) is 5.13 Å². The number of β-amino-alcohol motifs (C(OH)–C–C–N with tert-alkyl or cyclic N) is 1. The van der Waals surface area contributed by atoms with E-state index in [2.05, 4.69) is 16.8 Å². The van der Waals surface area contributed by atoms with E-state index in [9.17, 15) is 5.11 Å². The van der Waals surface area contributed by atoms with Crippen molar-refractivity contribution in [3.8, 4) is 0 Å². The minimum atomic E-state index is -0.191. The molecule has 2 unspecified atom stereocenters. The van der Waals surface area contributed by atoms with Crippen molar-refractivity contribution in [3.05, 3.63) is 11.1 Å². The van der Waals surface area contributed by atoms with Crippen molar-refractivity contribution in [3.63, 3.8) is 0 Å². The van der Waals surface area contributed by atoms with E-state index in [0.717, 1.165) is 26.1 Å². The number of aromatic nitrogens is 1. The third kappa shape index (κ3) is 2.68.